The van der Waals surface area contributed by atoms with E-state index in [0.717, 1.165) is 12.8 Å². The van der Waals surface area contributed by atoms with E-state index in [9.17, 15) is 24.3 Å². The fourth-order valence-electron chi connectivity index (χ4n) is 5.73. The van der Waals surface area contributed by atoms with Crippen molar-refractivity contribution in [1.29, 1.82) is 0 Å². The lowest BCUT2D eigenvalue weighted by molar-refractivity contribution is -0.155. The van der Waals surface area contributed by atoms with Crippen LogP contribution >= 0.6 is 11.6 Å². The zero-order chi connectivity index (χ0) is 26.6. The lowest BCUT2D eigenvalue weighted by Gasteiger charge is -2.40. The van der Waals surface area contributed by atoms with Crippen molar-refractivity contribution in [3.05, 3.63) is 0 Å². The number of nitrogens with one attached hydrogen (secondary N) is 2. The first-order valence-electron chi connectivity index (χ1n) is 13.1. The summed E-state index contributed by atoms with van der Waals surface area (Å²) in [5.41, 5.74) is 0. The van der Waals surface area contributed by atoms with E-state index >= 15 is 0 Å². The number of amides is 3. The smallest absolute Gasteiger partial charge is 0.326 e. The molecule has 3 fully saturated rings. The van der Waals surface area contributed by atoms with E-state index in [-0.39, 0.29) is 41.7 Å². The second-order valence-corrected chi connectivity index (χ2v) is 11.1. The Bertz CT molecular complexity index is 826. The quantitative estimate of drug-likeness (QED) is 0.404. The van der Waals surface area contributed by atoms with Gasteiger partial charge in [-0.05, 0) is 50.4 Å². The van der Waals surface area contributed by atoms with Gasteiger partial charge in [0.05, 0.1) is 12.1 Å². The van der Waals surface area contributed by atoms with Crippen LogP contribution in [0.2, 0.25) is 0 Å². The number of halogens is 1. The van der Waals surface area contributed by atoms with Gasteiger partial charge in [-0.3, -0.25) is 19.7 Å². The highest BCUT2D eigenvalue weighted by atomic mass is 35.5. The molecule has 3 rings (SSSR count). The lowest BCUT2D eigenvalue weighted by Crippen LogP contribution is -2.62. The number of carbonyl (C=O) groups is 4. The summed E-state index contributed by atoms with van der Waals surface area (Å²) in [4.78, 5) is 55.2. The minimum Gasteiger partial charge on any atom is -0.480 e. The minimum atomic E-state index is -1.01. The molecule has 7 atom stereocenters. The molecule has 0 spiro atoms. The van der Waals surface area contributed by atoms with E-state index in [1.165, 1.54) is 4.90 Å². The molecule has 3 saturated heterocycles. The van der Waals surface area contributed by atoms with Gasteiger partial charge in [-0.15, -0.1) is 11.6 Å². The number of carboxylic acids is 1. The number of carbonyl (C=O) groups excluding carboxylic acids is 3. The van der Waals surface area contributed by atoms with Gasteiger partial charge >= 0.3 is 5.97 Å². The number of ether oxygens (including phenoxy) is 1. The predicted octanol–water partition coefficient (Wildman–Crippen LogP) is 1.20. The number of hydrogen-bond donors (Lipinski definition) is 3. The summed E-state index contributed by atoms with van der Waals surface area (Å²) in [6.07, 6.45) is 3.61. The third-order valence-corrected chi connectivity index (χ3v) is 8.10. The summed E-state index contributed by atoms with van der Waals surface area (Å²) >= 11 is 6.06. The first-order chi connectivity index (χ1) is 17.1. The number of carboxylic acid groups (broad SMARTS) is 1. The van der Waals surface area contributed by atoms with Crippen LogP contribution in [-0.2, 0) is 23.9 Å². The van der Waals surface area contributed by atoms with Crippen molar-refractivity contribution < 1.29 is 29.0 Å². The third kappa shape index (κ3) is 6.31. The van der Waals surface area contributed by atoms with Crippen LogP contribution in [0, 0.1) is 11.8 Å². The molecule has 0 saturated carbocycles. The minimum absolute atomic E-state index is 0.0721. The van der Waals surface area contributed by atoms with Gasteiger partial charge in [0, 0.05) is 32.1 Å². The van der Waals surface area contributed by atoms with Gasteiger partial charge in [0.2, 0.25) is 17.7 Å². The van der Waals surface area contributed by atoms with Crippen molar-refractivity contribution in [3.63, 3.8) is 0 Å². The van der Waals surface area contributed by atoms with Crippen LogP contribution < -0.4 is 10.6 Å². The number of alkyl halides is 1. The molecule has 3 amide bonds. The Labute approximate surface area is 218 Å². The average molecular weight is 529 g/mol. The van der Waals surface area contributed by atoms with Crippen molar-refractivity contribution in [2.75, 3.05) is 26.1 Å². The molecule has 0 unspecified atom stereocenters. The molecule has 0 aliphatic carbocycles. The Hall–Kier alpha value is -1.91. The van der Waals surface area contributed by atoms with Crippen molar-refractivity contribution >= 4 is 35.3 Å². The molecular weight excluding hydrogens is 488 g/mol. The largest absolute Gasteiger partial charge is 0.480 e. The van der Waals surface area contributed by atoms with Gasteiger partial charge in [-0.2, -0.15) is 0 Å². The van der Waals surface area contributed by atoms with Crippen LogP contribution in [0.25, 0.3) is 0 Å². The number of methoxy groups -OCH3 is 1. The maximum Gasteiger partial charge on any atom is 0.326 e. The molecule has 0 aromatic carbocycles. The van der Waals surface area contributed by atoms with Crippen LogP contribution in [0.15, 0.2) is 0 Å². The SMILES string of the molecule is CO[C@H]1CC[C@@H](C(=O)N[C@H](C(=O)N2CCCC[C@H]2C(=O)N2C[C@@H](C)C[C@H]2C(=O)O)C(C)C)N[C@@H]1CCl. The Morgan fingerprint density at radius 2 is 1.83 bits per heavy atom. The molecule has 0 bridgehead atoms. The lowest BCUT2D eigenvalue weighted by atomic mass is 9.94. The van der Waals surface area contributed by atoms with Crippen LogP contribution in [0.1, 0.15) is 59.3 Å². The Morgan fingerprint density at radius 3 is 2.44 bits per heavy atom. The van der Waals surface area contributed by atoms with E-state index in [1.807, 2.05) is 20.8 Å². The van der Waals surface area contributed by atoms with Gasteiger partial charge in [0.1, 0.15) is 18.1 Å². The molecule has 0 aromatic rings. The molecule has 204 valence electrons. The van der Waals surface area contributed by atoms with Crippen LogP contribution in [0.4, 0.5) is 0 Å². The van der Waals surface area contributed by atoms with Crippen molar-refractivity contribution in [3.8, 4) is 0 Å². The molecule has 10 nitrogen and oxygen atoms in total. The first-order valence-corrected chi connectivity index (χ1v) is 13.6. The summed E-state index contributed by atoms with van der Waals surface area (Å²) in [6.45, 7) is 6.43. The molecule has 3 N–H and O–H groups in total. The normalized spacial score (nSPS) is 31.8. The average Bonchev–Trinajstić information content (AvgIpc) is 3.27. The van der Waals surface area contributed by atoms with Gasteiger partial charge in [-0.25, -0.2) is 4.79 Å². The van der Waals surface area contributed by atoms with E-state index in [0.29, 0.717) is 44.7 Å². The van der Waals surface area contributed by atoms with Gasteiger partial charge in [0.25, 0.3) is 0 Å². The van der Waals surface area contributed by atoms with Crippen LogP contribution in [-0.4, -0.2) is 101 Å². The Kier molecular flexibility index (Phi) is 10.00. The Balaban J connectivity index is 1.73. The van der Waals surface area contributed by atoms with Gasteiger partial charge in [0.15, 0.2) is 0 Å². The number of aliphatic carboxylic acids is 1. The predicted molar refractivity (Wildman–Crippen MR) is 135 cm³/mol. The molecule has 3 aliphatic rings. The van der Waals surface area contributed by atoms with Crippen molar-refractivity contribution in [2.24, 2.45) is 11.8 Å². The summed E-state index contributed by atoms with van der Waals surface area (Å²) in [5, 5.41) is 15.8. The maximum absolute atomic E-state index is 13.7. The van der Waals surface area contributed by atoms with E-state index in [4.69, 9.17) is 16.3 Å². The van der Waals surface area contributed by atoms with Crippen LogP contribution in [0.3, 0.4) is 0 Å². The summed E-state index contributed by atoms with van der Waals surface area (Å²) in [5.74, 6) is -1.70. The highest BCUT2D eigenvalue weighted by Crippen LogP contribution is 2.28. The highest BCUT2D eigenvalue weighted by molar-refractivity contribution is 6.18. The molecule has 0 aromatic heterocycles. The summed E-state index contributed by atoms with van der Waals surface area (Å²) < 4.78 is 5.45. The van der Waals surface area contributed by atoms with E-state index < -0.39 is 30.1 Å². The van der Waals surface area contributed by atoms with Gasteiger partial charge < -0.3 is 25.0 Å². The molecule has 3 aliphatic heterocycles. The van der Waals surface area contributed by atoms with E-state index in [1.54, 1.807) is 12.0 Å². The number of nitrogens with zero attached hydrogens (tertiary/aromatic N) is 2. The highest BCUT2D eigenvalue weighted by Gasteiger charge is 2.45. The Morgan fingerprint density at radius 1 is 1.11 bits per heavy atom. The number of piperidine rings is 2. The molecule has 36 heavy (non-hydrogen) atoms. The van der Waals surface area contributed by atoms with E-state index in [2.05, 4.69) is 10.6 Å². The van der Waals surface area contributed by atoms with Crippen LogP contribution in [0.5, 0.6) is 0 Å². The zero-order valence-electron chi connectivity index (χ0n) is 21.7. The van der Waals surface area contributed by atoms with Crippen molar-refractivity contribution in [2.45, 2.75) is 95.6 Å². The first kappa shape index (κ1) is 28.7. The molecule has 11 heteroatoms. The standard InChI is InChI=1S/C25H41ClN4O6/c1-14(2)21(28-22(31)16-8-9-20(36-4)17(12-26)27-16)24(33)29-10-6-5-7-18(29)23(32)30-13-15(3)11-19(30)25(34)35/h14-21,27H,5-13H2,1-4H3,(H,28,31)(H,34,35)/t15-,16-,17+,18-,19-,20-,21-/m0/s1. The summed E-state index contributed by atoms with van der Waals surface area (Å²) in [7, 11) is 1.62. The second kappa shape index (κ2) is 12.6. The molecule has 3 heterocycles. The third-order valence-electron chi connectivity index (χ3n) is 7.77. The molecular formula is C25H41ClN4O6. The fourth-order valence-corrected chi connectivity index (χ4v) is 6.01. The molecule has 0 radical (unpaired) electrons. The van der Waals surface area contributed by atoms with Gasteiger partial charge in [-0.1, -0.05) is 20.8 Å². The zero-order valence-corrected chi connectivity index (χ0v) is 22.5. The number of hydrogen-bond acceptors (Lipinski definition) is 6. The monoisotopic (exact) mass is 528 g/mol. The number of likely N-dealkylation sites (tertiary alicyclic amines) is 2. The number of rotatable bonds is 8. The summed E-state index contributed by atoms with van der Waals surface area (Å²) in [6, 6.07) is -3.03. The fraction of sp³-hybridized carbons (Fsp3) is 0.840. The van der Waals surface area contributed by atoms with Crippen molar-refractivity contribution in [1.82, 2.24) is 20.4 Å². The second-order valence-electron chi connectivity index (χ2n) is 10.8. The topological polar surface area (TPSA) is 128 Å². The maximum atomic E-state index is 13.7.